The average Bonchev–Trinajstić information content (AvgIpc) is 2.57. The number of hydrogen-bond acceptors (Lipinski definition) is 4. The maximum Gasteiger partial charge on any atom is 0.265 e. The molecule has 2 aromatic carbocycles. The van der Waals surface area contributed by atoms with E-state index in [0.29, 0.717) is 17.1 Å². The summed E-state index contributed by atoms with van der Waals surface area (Å²) in [5.74, 6) is -0.294. The number of anilines is 1. The molecule has 0 unspecified atom stereocenters. The van der Waals surface area contributed by atoms with Crippen molar-refractivity contribution in [2.24, 2.45) is 0 Å². The van der Waals surface area contributed by atoms with Gasteiger partial charge in [-0.15, -0.1) is 0 Å². The third kappa shape index (κ3) is 4.15. The van der Waals surface area contributed by atoms with Gasteiger partial charge in [-0.05, 0) is 37.3 Å². The SMILES string of the molecule is COc1cc(C#N)ccc1O[C@@H](C)C(=O)Nc1ccc(F)cc1Cl. The van der Waals surface area contributed by atoms with Crippen LogP contribution in [0.25, 0.3) is 0 Å². The van der Waals surface area contributed by atoms with Crippen LogP contribution in [0.4, 0.5) is 10.1 Å². The highest BCUT2D eigenvalue weighted by molar-refractivity contribution is 6.33. The fraction of sp³-hybridized carbons (Fsp3) is 0.176. The second-order valence-electron chi connectivity index (χ2n) is 4.85. The van der Waals surface area contributed by atoms with Crippen LogP contribution in [0.1, 0.15) is 12.5 Å². The van der Waals surface area contributed by atoms with Gasteiger partial charge in [0.25, 0.3) is 5.91 Å². The molecule has 7 heteroatoms. The van der Waals surface area contributed by atoms with Gasteiger partial charge in [-0.1, -0.05) is 11.6 Å². The van der Waals surface area contributed by atoms with Crippen LogP contribution < -0.4 is 14.8 Å². The van der Waals surface area contributed by atoms with Crippen LogP contribution in [0.2, 0.25) is 5.02 Å². The molecule has 0 spiro atoms. The Morgan fingerprint density at radius 2 is 2.04 bits per heavy atom. The molecule has 0 radical (unpaired) electrons. The smallest absolute Gasteiger partial charge is 0.265 e. The number of nitriles is 1. The molecule has 0 fully saturated rings. The lowest BCUT2D eigenvalue weighted by atomic mass is 10.2. The molecule has 0 aromatic heterocycles. The molecule has 1 amide bonds. The summed E-state index contributed by atoms with van der Waals surface area (Å²) in [7, 11) is 1.44. The Bertz CT molecular complexity index is 805. The molecule has 0 heterocycles. The van der Waals surface area contributed by atoms with Gasteiger partial charge in [0.1, 0.15) is 5.82 Å². The first-order valence-electron chi connectivity index (χ1n) is 6.95. The van der Waals surface area contributed by atoms with E-state index in [1.807, 2.05) is 6.07 Å². The van der Waals surface area contributed by atoms with Crippen molar-refractivity contribution in [1.29, 1.82) is 5.26 Å². The Morgan fingerprint density at radius 3 is 2.67 bits per heavy atom. The molecule has 1 N–H and O–H groups in total. The standard InChI is InChI=1S/C17H14ClFN2O3/c1-10(17(22)21-14-5-4-12(19)8-13(14)18)24-15-6-3-11(9-20)7-16(15)23-2/h3-8,10H,1-2H3,(H,21,22)/t10-/m0/s1. The Hall–Kier alpha value is -2.78. The van der Waals surface area contributed by atoms with Crippen molar-refractivity contribution in [2.75, 3.05) is 12.4 Å². The summed E-state index contributed by atoms with van der Waals surface area (Å²) in [4.78, 5) is 12.2. The molecule has 2 aromatic rings. The van der Waals surface area contributed by atoms with E-state index in [-0.39, 0.29) is 10.7 Å². The maximum absolute atomic E-state index is 13.0. The van der Waals surface area contributed by atoms with Crippen LogP contribution in [0.5, 0.6) is 11.5 Å². The number of rotatable bonds is 5. The minimum absolute atomic E-state index is 0.0894. The first kappa shape index (κ1) is 17.6. The lowest BCUT2D eigenvalue weighted by Gasteiger charge is -2.17. The largest absolute Gasteiger partial charge is 0.493 e. The van der Waals surface area contributed by atoms with Gasteiger partial charge in [0.15, 0.2) is 17.6 Å². The van der Waals surface area contributed by atoms with Crippen LogP contribution in [0.3, 0.4) is 0 Å². The first-order chi connectivity index (χ1) is 11.4. The summed E-state index contributed by atoms with van der Waals surface area (Å²) in [6.45, 7) is 1.55. The van der Waals surface area contributed by atoms with Gasteiger partial charge in [0, 0.05) is 6.07 Å². The molecule has 2 rings (SSSR count). The van der Waals surface area contributed by atoms with Crippen molar-refractivity contribution >= 4 is 23.2 Å². The van der Waals surface area contributed by atoms with E-state index in [2.05, 4.69) is 5.32 Å². The summed E-state index contributed by atoms with van der Waals surface area (Å²) in [6.07, 6.45) is -0.868. The summed E-state index contributed by atoms with van der Waals surface area (Å²) >= 11 is 5.87. The topological polar surface area (TPSA) is 71.3 Å². The monoisotopic (exact) mass is 348 g/mol. The zero-order valence-corrected chi connectivity index (χ0v) is 13.7. The maximum atomic E-state index is 13.0. The minimum atomic E-state index is -0.868. The fourth-order valence-electron chi connectivity index (χ4n) is 1.90. The van der Waals surface area contributed by atoms with Crippen LogP contribution in [0, 0.1) is 17.1 Å². The predicted octanol–water partition coefficient (Wildman–Crippen LogP) is 3.77. The number of carbonyl (C=O) groups excluding carboxylic acids is 1. The van der Waals surface area contributed by atoms with Gasteiger partial charge in [0.2, 0.25) is 0 Å². The molecule has 0 saturated heterocycles. The van der Waals surface area contributed by atoms with E-state index in [9.17, 15) is 9.18 Å². The second-order valence-corrected chi connectivity index (χ2v) is 5.26. The number of hydrogen-bond donors (Lipinski definition) is 1. The third-order valence-corrected chi connectivity index (χ3v) is 3.47. The average molecular weight is 349 g/mol. The van der Waals surface area contributed by atoms with Gasteiger partial charge < -0.3 is 14.8 Å². The summed E-state index contributed by atoms with van der Waals surface area (Å²) in [6, 6.07) is 10.3. The van der Waals surface area contributed by atoms with Gasteiger partial charge in [0.05, 0.1) is 29.5 Å². The number of halogens is 2. The Morgan fingerprint density at radius 1 is 1.29 bits per heavy atom. The van der Waals surface area contributed by atoms with E-state index in [1.165, 1.54) is 25.3 Å². The van der Waals surface area contributed by atoms with E-state index >= 15 is 0 Å². The summed E-state index contributed by atoms with van der Waals surface area (Å²) in [5, 5.41) is 11.5. The predicted molar refractivity (Wildman–Crippen MR) is 87.8 cm³/mol. The number of nitrogens with zero attached hydrogens (tertiary/aromatic N) is 1. The highest BCUT2D eigenvalue weighted by atomic mass is 35.5. The number of nitrogens with one attached hydrogen (secondary N) is 1. The van der Waals surface area contributed by atoms with Crippen molar-refractivity contribution in [1.82, 2.24) is 0 Å². The third-order valence-electron chi connectivity index (χ3n) is 3.15. The molecule has 0 saturated carbocycles. The van der Waals surface area contributed by atoms with E-state index in [0.717, 1.165) is 6.07 Å². The van der Waals surface area contributed by atoms with Crippen molar-refractivity contribution in [3.63, 3.8) is 0 Å². The zero-order valence-electron chi connectivity index (χ0n) is 13.0. The van der Waals surface area contributed by atoms with Crippen LogP contribution in [-0.2, 0) is 4.79 Å². The van der Waals surface area contributed by atoms with Crippen LogP contribution >= 0.6 is 11.6 Å². The molecule has 124 valence electrons. The number of methoxy groups -OCH3 is 1. The molecule has 5 nitrogen and oxygen atoms in total. The Balaban J connectivity index is 2.10. The van der Waals surface area contributed by atoms with Gasteiger partial charge >= 0.3 is 0 Å². The molecular weight excluding hydrogens is 335 g/mol. The Labute approximate surface area is 143 Å². The number of amides is 1. The summed E-state index contributed by atoms with van der Waals surface area (Å²) < 4.78 is 23.7. The molecule has 0 aliphatic rings. The van der Waals surface area contributed by atoms with Gasteiger partial charge in [-0.2, -0.15) is 5.26 Å². The lowest BCUT2D eigenvalue weighted by Crippen LogP contribution is -2.30. The number of benzene rings is 2. The van der Waals surface area contributed by atoms with E-state index in [4.69, 9.17) is 26.3 Å². The molecule has 0 aliphatic carbocycles. The van der Waals surface area contributed by atoms with E-state index in [1.54, 1.807) is 19.1 Å². The molecule has 24 heavy (non-hydrogen) atoms. The fourth-order valence-corrected chi connectivity index (χ4v) is 2.12. The number of ether oxygens (including phenoxy) is 2. The van der Waals surface area contributed by atoms with Crippen molar-refractivity contribution in [3.05, 3.63) is 52.8 Å². The minimum Gasteiger partial charge on any atom is -0.493 e. The summed E-state index contributed by atoms with van der Waals surface area (Å²) in [5.41, 5.74) is 0.694. The van der Waals surface area contributed by atoms with Crippen molar-refractivity contribution < 1.29 is 18.7 Å². The quantitative estimate of drug-likeness (QED) is 0.892. The number of carbonyl (C=O) groups is 1. The van der Waals surface area contributed by atoms with Gasteiger partial charge in [-0.3, -0.25) is 4.79 Å². The molecule has 0 bridgehead atoms. The van der Waals surface area contributed by atoms with Gasteiger partial charge in [-0.25, -0.2) is 4.39 Å². The zero-order chi connectivity index (χ0) is 17.7. The lowest BCUT2D eigenvalue weighted by molar-refractivity contribution is -0.122. The normalized spacial score (nSPS) is 11.3. The molecule has 0 aliphatic heterocycles. The van der Waals surface area contributed by atoms with Crippen molar-refractivity contribution in [3.8, 4) is 17.6 Å². The van der Waals surface area contributed by atoms with Crippen LogP contribution in [-0.4, -0.2) is 19.1 Å². The molecular formula is C17H14ClFN2O3. The Kier molecular flexibility index (Phi) is 5.61. The molecule has 1 atom stereocenters. The van der Waals surface area contributed by atoms with E-state index < -0.39 is 17.8 Å². The highest BCUT2D eigenvalue weighted by Gasteiger charge is 2.18. The second kappa shape index (κ2) is 7.66. The van der Waals surface area contributed by atoms with Crippen LogP contribution in [0.15, 0.2) is 36.4 Å². The van der Waals surface area contributed by atoms with Crippen molar-refractivity contribution in [2.45, 2.75) is 13.0 Å². The first-order valence-corrected chi connectivity index (χ1v) is 7.33. The highest BCUT2D eigenvalue weighted by Crippen LogP contribution is 2.29.